The van der Waals surface area contributed by atoms with Gasteiger partial charge in [0.2, 0.25) is 0 Å². The smallest absolute Gasteiger partial charge is 0.323 e. The van der Waals surface area contributed by atoms with Crippen molar-refractivity contribution in [2.75, 3.05) is 13.2 Å². The van der Waals surface area contributed by atoms with E-state index in [0.29, 0.717) is 10.7 Å². The highest BCUT2D eigenvalue weighted by molar-refractivity contribution is 8.26. The van der Waals surface area contributed by atoms with Crippen LogP contribution in [0.5, 0.6) is 5.75 Å². The lowest BCUT2D eigenvalue weighted by molar-refractivity contribution is -0.140. The fourth-order valence-electron chi connectivity index (χ4n) is 1.70. The van der Waals surface area contributed by atoms with E-state index in [4.69, 9.17) is 27.3 Å². The van der Waals surface area contributed by atoms with E-state index in [1.54, 1.807) is 30.3 Å². The molecule has 1 fully saturated rings. The van der Waals surface area contributed by atoms with Gasteiger partial charge in [-0.15, -0.1) is 0 Å². The number of nitrogens with zero attached hydrogens (tertiary/aromatic N) is 2. The monoisotopic (exact) mass is 334 g/mol. The summed E-state index contributed by atoms with van der Waals surface area (Å²) in [5.74, 6) is -0.976. The molecule has 8 heteroatoms. The van der Waals surface area contributed by atoms with Gasteiger partial charge in [-0.1, -0.05) is 36.1 Å². The maximum Gasteiger partial charge on any atom is 0.323 e. The number of thioether (sulfide) groups is 1. The van der Waals surface area contributed by atoms with Crippen molar-refractivity contribution in [3.05, 3.63) is 34.7 Å². The van der Waals surface area contributed by atoms with Crippen LogP contribution < -0.4 is 4.74 Å². The summed E-state index contributed by atoms with van der Waals surface area (Å²) in [4.78, 5) is 24.2. The maximum atomic E-state index is 12.1. The van der Waals surface area contributed by atoms with Crippen molar-refractivity contribution < 1.29 is 19.4 Å². The standard InChI is InChI=1S/C14H10N2O4S2/c15-5-6-20-10-3-1-9(2-4-10)7-11-13(19)16(8-12(17)18)14(21)22-11/h1-4,7H,6,8H2,(H,17,18)/b11-7+. The molecule has 1 amide bonds. The number of ether oxygens (including phenoxy) is 1. The van der Waals surface area contributed by atoms with Gasteiger partial charge >= 0.3 is 5.97 Å². The molecule has 0 saturated carbocycles. The van der Waals surface area contributed by atoms with Crippen LogP contribution in [0.1, 0.15) is 5.56 Å². The van der Waals surface area contributed by atoms with Crippen LogP contribution in [-0.2, 0) is 9.59 Å². The lowest BCUT2D eigenvalue weighted by Crippen LogP contribution is -2.33. The normalized spacial score (nSPS) is 16.0. The van der Waals surface area contributed by atoms with Crippen LogP contribution in [0.3, 0.4) is 0 Å². The molecule has 1 N–H and O–H groups in total. The average Bonchev–Trinajstić information content (AvgIpc) is 2.74. The van der Waals surface area contributed by atoms with Gasteiger partial charge in [0.25, 0.3) is 5.91 Å². The minimum Gasteiger partial charge on any atom is -0.480 e. The van der Waals surface area contributed by atoms with Gasteiger partial charge in [-0.2, -0.15) is 5.26 Å². The molecule has 0 unspecified atom stereocenters. The summed E-state index contributed by atoms with van der Waals surface area (Å²) in [5, 5.41) is 17.2. The third-order valence-corrected chi connectivity index (χ3v) is 4.03. The summed E-state index contributed by atoms with van der Waals surface area (Å²) < 4.78 is 5.36. The first kappa shape index (κ1) is 16.0. The molecule has 0 spiro atoms. The quantitative estimate of drug-likeness (QED) is 0.649. The van der Waals surface area contributed by atoms with E-state index in [0.717, 1.165) is 22.2 Å². The van der Waals surface area contributed by atoms with Crippen LogP contribution in [0.2, 0.25) is 0 Å². The van der Waals surface area contributed by atoms with Crippen LogP contribution in [-0.4, -0.2) is 39.4 Å². The van der Waals surface area contributed by atoms with Crippen molar-refractivity contribution in [1.82, 2.24) is 4.90 Å². The number of nitriles is 1. The first-order valence-corrected chi connectivity index (χ1v) is 7.30. The summed E-state index contributed by atoms with van der Waals surface area (Å²) in [6, 6.07) is 8.70. The molecule has 0 radical (unpaired) electrons. The van der Waals surface area contributed by atoms with E-state index in [9.17, 15) is 9.59 Å². The zero-order chi connectivity index (χ0) is 16.1. The van der Waals surface area contributed by atoms with E-state index in [1.807, 2.05) is 6.07 Å². The Morgan fingerprint density at radius 2 is 2.14 bits per heavy atom. The van der Waals surface area contributed by atoms with Crippen molar-refractivity contribution in [2.45, 2.75) is 0 Å². The maximum absolute atomic E-state index is 12.1. The largest absolute Gasteiger partial charge is 0.480 e. The first-order chi connectivity index (χ1) is 10.5. The Balaban J connectivity index is 2.13. The molecule has 1 aliphatic heterocycles. The molecule has 1 aliphatic rings. The second kappa shape index (κ2) is 7.06. The van der Waals surface area contributed by atoms with E-state index >= 15 is 0 Å². The number of rotatable bonds is 5. The third kappa shape index (κ3) is 3.84. The summed E-state index contributed by atoms with van der Waals surface area (Å²) in [6.45, 7) is -0.476. The highest BCUT2D eigenvalue weighted by Crippen LogP contribution is 2.32. The van der Waals surface area contributed by atoms with Gasteiger partial charge in [0.05, 0.1) is 4.91 Å². The molecule has 6 nitrogen and oxygen atoms in total. The molecule has 1 aromatic carbocycles. The minimum absolute atomic E-state index is 0.0345. The highest BCUT2D eigenvalue weighted by atomic mass is 32.2. The second-order valence-corrected chi connectivity index (χ2v) is 5.85. The molecule has 1 heterocycles. The van der Waals surface area contributed by atoms with E-state index in [1.165, 1.54) is 0 Å². The van der Waals surface area contributed by atoms with Gasteiger partial charge in [0.1, 0.15) is 22.7 Å². The average molecular weight is 334 g/mol. The Hall–Kier alpha value is -2.37. The molecular weight excluding hydrogens is 324 g/mol. The van der Waals surface area contributed by atoms with Crippen molar-refractivity contribution in [2.24, 2.45) is 0 Å². The molecule has 0 aliphatic carbocycles. The topological polar surface area (TPSA) is 90.6 Å². The molecule has 2 rings (SSSR count). The predicted molar refractivity (Wildman–Crippen MR) is 85.1 cm³/mol. The second-order valence-electron chi connectivity index (χ2n) is 4.18. The van der Waals surface area contributed by atoms with E-state index in [-0.39, 0.29) is 10.9 Å². The summed E-state index contributed by atoms with van der Waals surface area (Å²) in [7, 11) is 0. The van der Waals surface area contributed by atoms with Crippen LogP contribution in [0, 0.1) is 11.3 Å². The lowest BCUT2D eigenvalue weighted by atomic mass is 10.2. The predicted octanol–water partition coefficient (Wildman–Crippen LogP) is 1.87. The minimum atomic E-state index is -1.11. The summed E-state index contributed by atoms with van der Waals surface area (Å²) >= 11 is 6.08. The van der Waals surface area contributed by atoms with E-state index in [2.05, 4.69) is 0 Å². The van der Waals surface area contributed by atoms with Crippen molar-refractivity contribution in [3.8, 4) is 11.8 Å². The molecule has 1 aromatic rings. The first-order valence-electron chi connectivity index (χ1n) is 6.08. The van der Waals surface area contributed by atoms with Crippen molar-refractivity contribution >= 4 is 46.3 Å². The summed E-state index contributed by atoms with van der Waals surface area (Å²) in [6.07, 6.45) is 1.63. The van der Waals surface area contributed by atoms with E-state index < -0.39 is 18.4 Å². The zero-order valence-corrected chi connectivity index (χ0v) is 12.8. The number of carbonyl (C=O) groups is 2. The Labute approximate surface area is 136 Å². The van der Waals surface area contributed by atoms with Crippen LogP contribution in [0.25, 0.3) is 6.08 Å². The number of hydrogen-bond acceptors (Lipinski definition) is 6. The Morgan fingerprint density at radius 1 is 1.45 bits per heavy atom. The molecule has 1 saturated heterocycles. The number of hydrogen-bond donors (Lipinski definition) is 1. The fourth-order valence-corrected chi connectivity index (χ4v) is 2.95. The summed E-state index contributed by atoms with van der Waals surface area (Å²) in [5.41, 5.74) is 0.750. The number of thiocarbonyl (C=S) groups is 1. The van der Waals surface area contributed by atoms with Gasteiger partial charge < -0.3 is 9.84 Å². The molecule has 112 valence electrons. The van der Waals surface area contributed by atoms with Crippen LogP contribution in [0.15, 0.2) is 29.2 Å². The third-order valence-electron chi connectivity index (χ3n) is 2.65. The van der Waals surface area contributed by atoms with Gasteiger partial charge in [-0.05, 0) is 23.8 Å². The number of amides is 1. The Morgan fingerprint density at radius 3 is 2.73 bits per heavy atom. The van der Waals surface area contributed by atoms with Gasteiger partial charge in [0.15, 0.2) is 6.61 Å². The van der Waals surface area contributed by atoms with Gasteiger partial charge in [0, 0.05) is 0 Å². The Bertz CT molecular complexity index is 692. The van der Waals surface area contributed by atoms with Gasteiger partial charge in [-0.3, -0.25) is 14.5 Å². The lowest BCUT2D eigenvalue weighted by Gasteiger charge is -2.10. The van der Waals surface area contributed by atoms with Gasteiger partial charge in [-0.25, -0.2) is 0 Å². The number of carboxylic acids is 1. The molecule has 22 heavy (non-hydrogen) atoms. The van der Waals surface area contributed by atoms with Crippen molar-refractivity contribution in [3.63, 3.8) is 0 Å². The molecular formula is C14H10N2O4S2. The Kier molecular flexibility index (Phi) is 5.14. The number of carbonyl (C=O) groups excluding carboxylic acids is 1. The number of benzene rings is 1. The van der Waals surface area contributed by atoms with Crippen LogP contribution >= 0.6 is 24.0 Å². The van der Waals surface area contributed by atoms with Crippen molar-refractivity contribution in [1.29, 1.82) is 5.26 Å². The SMILES string of the molecule is N#CCOc1ccc(/C=C2/SC(=S)N(CC(=O)O)C2=O)cc1. The fraction of sp³-hybridized carbons (Fsp3) is 0.143. The zero-order valence-electron chi connectivity index (χ0n) is 11.2. The van der Waals surface area contributed by atoms with Crippen LogP contribution in [0.4, 0.5) is 0 Å². The number of carboxylic acid groups (broad SMARTS) is 1. The molecule has 0 aromatic heterocycles. The number of aliphatic carboxylic acids is 1. The molecule has 0 atom stereocenters. The molecule has 0 bridgehead atoms. The highest BCUT2D eigenvalue weighted by Gasteiger charge is 2.33.